The molecule has 0 bridgehead atoms. The Balaban J connectivity index is 1.49. The lowest BCUT2D eigenvalue weighted by molar-refractivity contribution is -0.385. The van der Waals surface area contributed by atoms with Crippen molar-refractivity contribution in [2.24, 2.45) is 0 Å². The van der Waals surface area contributed by atoms with Gasteiger partial charge in [-0.15, -0.1) is 0 Å². The summed E-state index contributed by atoms with van der Waals surface area (Å²) >= 11 is 0. The average Bonchev–Trinajstić information content (AvgIpc) is 3.40. The summed E-state index contributed by atoms with van der Waals surface area (Å²) in [5.41, 5.74) is 0.385. The highest BCUT2D eigenvalue weighted by Crippen LogP contribution is 2.33. The molecular formula is C25H24N4O7S. The summed E-state index contributed by atoms with van der Waals surface area (Å²) < 4.78 is 32.4. The first kappa shape index (κ1) is 25.8. The second-order valence-electron chi connectivity index (χ2n) is 8.34. The number of benzene rings is 3. The van der Waals surface area contributed by atoms with Gasteiger partial charge in [-0.3, -0.25) is 19.7 Å². The van der Waals surface area contributed by atoms with E-state index < -0.39 is 26.5 Å². The number of ether oxygens (including phenoxy) is 1. The molecule has 1 heterocycles. The molecule has 1 aliphatic heterocycles. The number of hydrogen-bond donors (Lipinski definition) is 2. The number of carbonyl (C=O) groups is 2. The number of nitro benzene ring substituents is 1. The zero-order valence-corrected chi connectivity index (χ0v) is 20.7. The second kappa shape index (κ2) is 10.8. The topological polar surface area (TPSA) is 148 Å². The van der Waals surface area contributed by atoms with Gasteiger partial charge in [0, 0.05) is 49.1 Å². The van der Waals surface area contributed by atoms with E-state index in [0.29, 0.717) is 24.5 Å². The summed E-state index contributed by atoms with van der Waals surface area (Å²) in [6.45, 7) is 2.33. The number of sulfonamides is 1. The number of amides is 2. The quantitative estimate of drug-likeness (QED) is 0.328. The Morgan fingerprint density at radius 2 is 1.65 bits per heavy atom. The third kappa shape index (κ3) is 6.11. The van der Waals surface area contributed by atoms with Crippen LogP contribution in [0.3, 0.4) is 0 Å². The van der Waals surface area contributed by atoms with Crippen molar-refractivity contribution in [1.82, 2.24) is 4.31 Å². The monoisotopic (exact) mass is 524 g/mol. The maximum absolute atomic E-state index is 12.8. The maximum atomic E-state index is 12.8. The minimum Gasteiger partial charge on any atom is -0.450 e. The molecule has 12 heteroatoms. The number of rotatable bonds is 8. The Kier molecular flexibility index (Phi) is 7.50. The fourth-order valence-electron chi connectivity index (χ4n) is 3.85. The molecule has 1 fully saturated rings. The van der Waals surface area contributed by atoms with Crippen molar-refractivity contribution in [3.63, 3.8) is 0 Å². The van der Waals surface area contributed by atoms with Crippen molar-refractivity contribution in [2.45, 2.75) is 24.7 Å². The third-order valence-electron chi connectivity index (χ3n) is 5.62. The van der Waals surface area contributed by atoms with Crippen LogP contribution in [-0.2, 0) is 14.8 Å². The molecule has 0 aliphatic carbocycles. The van der Waals surface area contributed by atoms with Crippen molar-refractivity contribution >= 4 is 38.9 Å². The van der Waals surface area contributed by atoms with Crippen molar-refractivity contribution < 1.29 is 27.7 Å². The molecule has 1 saturated heterocycles. The highest BCUT2D eigenvalue weighted by molar-refractivity contribution is 7.89. The minimum atomic E-state index is -3.58. The fourth-order valence-corrected chi connectivity index (χ4v) is 5.36. The van der Waals surface area contributed by atoms with Gasteiger partial charge in [-0.05, 0) is 61.4 Å². The standard InChI is InChI=1S/C25H24N4O7S/c1-17(30)26-20-5-4-6-21(16-20)36-24-12-7-18(15-23(24)29(32)33)25(31)27-19-8-10-22(11-9-19)37(34,35)28-13-2-3-14-28/h4-12,15-16H,2-3,13-14H2,1H3,(H,26,30)(H,27,31). The normalized spacial score (nSPS) is 13.6. The first-order chi connectivity index (χ1) is 17.6. The van der Waals surface area contributed by atoms with Crippen LogP contribution in [0.2, 0.25) is 0 Å². The molecule has 0 aromatic heterocycles. The smallest absolute Gasteiger partial charge is 0.312 e. The lowest BCUT2D eigenvalue weighted by atomic mass is 10.1. The van der Waals surface area contributed by atoms with Gasteiger partial charge in [0.2, 0.25) is 21.7 Å². The molecule has 0 unspecified atom stereocenters. The van der Waals surface area contributed by atoms with Crippen LogP contribution in [0.15, 0.2) is 71.6 Å². The Morgan fingerprint density at radius 3 is 2.30 bits per heavy atom. The van der Waals surface area contributed by atoms with Crippen molar-refractivity contribution in [3.05, 3.63) is 82.4 Å². The molecular weight excluding hydrogens is 500 g/mol. The molecule has 1 aliphatic rings. The van der Waals surface area contributed by atoms with Gasteiger partial charge in [0.15, 0.2) is 0 Å². The average molecular weight is 525 g/mol. The Labute approximate surface area is 213 Å². The number of nitro groups is 1. The van der Waals surface area contributed by atoms with Gasteiger partial charge in [-0.1, -0.05) is 6.07 Å². The van der Waals surface area contributed by atoms with Crippen LogP contribution in [0.1, 0.15) is 30.1 Å². The lowest BCUT2D eigenvalue weighted by Gasteiger charge is -2.15. The van der Waals surface area contributed by atoms with Crippen LogP contribution in [-0.4, -0.2) is 42.6 Å². The molecule has 4 rings (SSSR count). The van der Waals surface area contributed by atoms with Crippen LogP contribution in [0, 0.1) is 10.1 Å². The molecule has 3 aromatic rings. The molecule has 0 saturated carbocycles. The molecule has 192 valence electrons. The van der Waals surface area contributed by atoms with E-state index in [1.54, 1.807) is 18.2 Å². The zero-order valence-electron chi connectivity index (χ0n) is 19.8. The van der Waals surface area contributed by atoms with Crippen LogP contribution in [0.4, 0.5) is 17.1 Å². The minimum absolute atomic E-state index is 0.0137. The van der Waals surface area contributed by atoms with Gasteiger partial charge in [-0.2, -0.15) is 4.31 Å². The van der Waals surface area contributed by atoms with E-state index >= 15 is 0 Å². The van der Waals surface area contributed by atoms with Crippen LogP contribution in [0.5, 0.6) is 11.5 Å². The summed E-state index contributed by atoms with van der Waals surface area (Å²) in [5.74, 6) is -0.715. The lowest BCUT2D eigenvalue weighted by Crippen LogP contribution is -2.27. The Morgan fingerprint density at radius 1 is 0.946 bits per heavy atom. The molecule has 11 nitrogen and oxygen atoms in total. The molecule has 2 N–H and O–H groups in total. The second-order valence-corrected chi connectivity index (χ2v) is 10.3. The van der Waals surface area contributed by atoms with E-state index in [1.807, 2.05) is 0 Å². The third-order valence-corrected chi connectivity index (χ3v) is 7.53. The van der Waals surface area contributed by atoms with Gasteiger partial charge in [-0.25, -0.2) is 8.42 Å². The SMILES string of the molecule is CC(=O)Nc1cccc(Oc2ccc(C(=O)Nc3ccc(S(=O)(=O)N4CCCC4)cc3)cc2[N+](=O)[O-])c1. The van der Waals surface area contributed by atoms with Crippen LogP contribution >= 0.6 is 0 Å². The van der Waals surface area contributed by atoms with Gasteiger partial charge in [0.1, 0.15) is 5.75 Å². The Bertz CT molecular complexity index is 1450. The largest absolute Gasteiger partial charge is 0.450 e. The van der Waals surface area contributed by atoms with E-state index in [1.165, 1.54) is 53.7 Å². The van der Waals surface area contributed by atoms with Crippen molar-refractivity contribution in [1.29, 1.82) is 0 Å². The van der Waals surface area contributed by atoms with Crippen LogP contribution < -0.4 is 15.4 Å². The first-order valence-electron chi connectivity index (χ1n) is 11.4. The molecule has 0 radical (unpaired) electrons. The molecule has 3 aromatic carbocycles. The molecule has 2 amide bonds. The molecule has 0 atom stereocenters. The van der Waals surface area contributed by atoms with E-state index in [4.69, 9.17) is 4.74 Å². The van der Waals surface area contributed by atoms with Gasteiger partial charge in [0.25, 0.3) is 5.91 Å². The van der Waals surface area contributed by atoms with E-state index in [-0.39, 0.29) is 27.9 Å². The fraction of sp³-hybridized carbons (Fsp3) is 0.200. The number of nitrogens with one attached hydrogen (secondary N) is 2. The zero-order chi connectivity index (χ0) is 26.6. The van der Waals surface area contributed by atoms with E-state index in [2.05, 4.69) is 10.6 Å². The predicted octanol–water partition coefficient (Wildman–Crippen LogP) is 4.38. The van der Waals surface area contributed by atoms with Crippen molar-refractivity contribution in [2.75, 3.05) is 23.7 Å². The highest BCUT2D eigenvalue weighted by Gasteiger charge is 2.27. The summed E-state index contributed by atoms with van der Waals surface area (Å²) in [4.78, 5) is 35.2. The van der Waals surface area contributed by atoms with E-state index in [0.717, 1.165) is 18.9 Å². The van der Waals surface area contributed by atoms with Crippen molar-refractivity contribution in [3.8, 4) is 11.5 Å². The predicted molar refractivity (Wildman–Crippen MR) is 136 cm³/mol. The summed E-state index contributed by atoms with van der Waals surface area (Å²) in [7, 11) is -3.58. The number of anilines is 2. The van der Waals surface area contributed by atoms with Gasteiger partial charge >= 0.3 is 5.69 Å². The maximum Gasteiger partial charge on any atom is 0.312 e. The van der Waals surface area contributed by atoms with E-state index in [9.17, 15) is 28.1 Å². The van der Waals surface area contributed by atoms with Gasteiger partial charge in [0.05, 0.1) is 9.82 Å². The molecule has 37 heavy (non-hydrogen) atoms. The number of carbonyl (C=O) groups excluding carboxylic acids is 2. The molecule has 0 spiro atoms. The summed E-state index contributed by atoms with van der Waals surface area (Å²) in [5, 5.41) is 16.9. The van der Waals surface area contributed by atoms with Gasteiger partial charge < -0.3 is 15.4 Å². The Hall–Kier alpha value is -4.29. The summed E-state index contributed by atoms with van der Waals surface area (Å²) in [6.07, 6.45) is 1.65. The number of nitrogens with zero attached hydrogens (tertiary/aromatic N) is 2. The number of hydrogen-bond acceptors (Lipinski definition) is 7. The van der Waals surface area contributed by atoms with Crippen LogP contribution in [0.25, 0.3) is 0 Å². The first-order valence-corrected chi connectivity index (χ1v) is 12.8. The summed E-state index contributed by atoms with van der Waals surface area (Å²) in [6, 6.07) is 15.9. The highest BCUT2D eigenvalue weighted by atomic mass is 32.2.